The lowest BCUT2D eigenvalue weighted by molar-refractivity contribution is 0.419. The number of aryl methyl sites for hydroxylation is 2. The van der Waals surface area contributed by atoms with Crippen LogP contribution in [0.4, 0.5) is 5.82 Å². The molecule has 2 aromatic rings. The molecule has 20 heavy (non-hydrogen) atoms. The van der Waals surface area contributed by atoms with E-state index in [0.29, 0.717) is 5.88 Å². The molecule has 0 aliphatic carbocycles. The van der Waals surface area contributed by atoms with Crippen molar-refractivity contribution < 1.29 is 4.74 Å². The highest BCUT2D eigenvalue weighted by molar-refractivity contribution is 5.39. The highest BCUT2D eigenvalue weighted by Crippen LogP contribution is 2.19. The monoisotopic (exact) mass is 276 g/mol. The van der Waals surface area contributed by atoms with Gasteiger partial charge in [-0.2, -0.15) is 9.97 Å². The minimum Gasteiger partial charge on any atom is -0.404 e. The summed E-state index contributed by atoms with van der Waals surface area (Å²) in [4.78, 5) is 12.9. The molecule has 0 fully saturated rings. The summed E-state index contributed by atoms with van der Waals surface area (Å²) in [6, 6.07) is 2.06. The van der Waals surface area contributed by atoms with E-state index >= 15 is 0 Å². The lowest BCUT2D eigenvalue weighted by Crippen LogP contribution is -2.06. The first kappa shape index (κ1) is 14.2. The van der Waals surface area contributed by atoms with Gasteiger partial charge in [0, 0.05) is 26.1 Å². The Morgan fingerprint density at radius 3 is 2.75 bits per heavy atom. The number of hydrogen-bond donors (Lipinski definition) is 1. The molecule has 1 N–H and O–H groups in total. The lowest BCUT2D eigenvalue weighted by Gasteiger charge is -2.08. The van der Waals surface area contributed by atoms with Crippen molar-refractivity contribution in [3.8, 4) is 11.9 Å². The van der Waals surface area contributed by atoms with Gasteiger partial charge >= 0.3 is 6.01 Å². The Morgan fingerprint density at radius 2 is 2.10 bits per heavy atom. The standard InChI is InChI=1S/C13H20N6O/c1-4-6-10-16-11(14-7-5-2)8-12(17-10)20-13-15-9-19(3)18-13/h8-9H,4-7H2,1-3H3,(H,14,16,17). The molecule has 0 bridgehead atoms. The first-order chi connectivity index (χ1) is 9.71. The number of hydrogen-bond acceptors (Lipinski definition) is 6. The maximum Gasteiger partial charge on any atom is 0.342 e. The van der Waals surface area contributed by atoms with Crippen molar-refractivity contribution in [1.82, 2.24) is 24.7 Å². The average Bonchev–Trinajstić information content (AvgIpc) is 2.82. The lowest BCUT2D eigenvalue weighted by atomic mass is 10.3. The Morgan fingerprint density at radius 1 is 1.25 bits per heavy atom. The van der Waals surface area contributed by atoms with Gasteiger partial charge in [0.2, 0.25) is 5.88 Å². The van der Waals surface area contributed by atoms with Crippen LogP contribution in [0, 0.1) is 0 Å². The van der Waals surface area contributed by atoms with Gasteiger partial charge in [-0.05, 0) is 12.8 Å². The Balaban J connectivity index is 2.18. The van der Waals surface area contributed by atoms with Gasteiger partial charge in [0.1, 0.15) is 18.0 Å². The topological polar surface area (TPSA) is 77.8 Å². The van der Waals surface area contributed by atoms with Crippen LogP contribution >= 0.6 is 0 Å². The van der Waals surface area contributed by atoms with Gasteiger partial charge in [0.05, 0.1) is 0 Å². The molecule has 2 heterocycles. The third kappa shape index (κ3) is 3.91. The van der Waals surface area contributed by atoms with Crippen LogP contribution < -0.4 is 10.1 Å². The van der Waals surface area contributed by atoms with Crippen molar-refractivity contribution >= 4 is 5.82 Å². The summed E-state index contributed by atoms with van der Waals surface area (Å²) in [5.74, 6) is 2.00. The molecule has 0 saturated heterocycles. The molecule has 0 radical (unpaired) electrons. The fraction of sp³-hybridized carbons (Fsp3) is 0.538. The molecule has 7 nitrogen and oxygen atoms in total. The highest BCUT2D eigenvalue weighted by Gasteiger charge is 2.08. The number of ether oxygens (including phenoxy) is 1. The minimum absolute atomic E-state index is 0.287. The van der Waals surface area contributed by atoms with Crippen molar-refractivity contribution in [3.05, 3.63) is 18.2 Å². The third-order valence-electron chi connectivity index (χ3n) is 2.55. The highest BCUT2D eigenvalue weighted by atomic mass is 16.5. The van der Waals surface area contributed by atoms with Gasteiger partial charge in [0.15, 0.2) is 0 Å². The van der Waals surface area contributed by atoms with Crippen LogP contribution in [0.5, 0.6) is 11.9 Å². The van der Waals surface area contributed by atoms with E-state index in [1.807, 2.05) is 0 Å². The summed E-state index contributed by atoms with van der Waals surface area (Å²) in [5, 5.41) is 7.32. The van der Waals surface area contributed by atoms with Gasteiger partial charge in [-0.25, -0.2) is 4.98 Å². The molecule has 0 aromatic carbocycles. The molecule has 2 rings (SSSR count). The summed E-state index contributed by atoms with van der Waals surface area (Å²) >= 11 is 0. The fourth-order valence-corrected chi connectivity index (χ4v) is 1.66. The van der Waals surface area contributed by atoms with Crippen molar-refractivity contribution in [2.75, 3.05) is 11.9 Å². The smallest absolute Gasteiger partial charge is 0.342 e. The van der Waals surface area contributed by atoms with Crippen LogP contribution in [-0.2, 0) is 13.5 Å². The van der Waals surface area contributed by atoms with E-state index in [1.165, 1.54) is 0 Å². The first-order valence-electron chi connectivity index (χ1n) is 6.86. The molecular weight excluding hydrogens is 256 g/mol. The second-order valence-electron chi connectivity index (χ2n) is 4.49. The summed E-state index contributed by atoms with van der Waals surface area (Å²) in [7, 11) is 1.79. The molecule has 0 saturated carbocycles. The number of nitrogens with zero attached hydrogens (tertiary/aromatic N) is 5. The largest absolute Gasteiger partial charge is 0.404 e. The molecule has 0 aliphatic heterocycles. The van der Waals surface area contributed by atoms with Crippen LogP contribution in [-0.4, -0.2) is 31.3 Å². The molecule has 7 heteroatoms. The second-order valence-corrected chi connectivity index (χ2v) is 4.49. The Bertz CT molecular complexity index is 554. The predicted octanol–water partition coefficient (Wildman–Crippen LogP) is 2.17. The van der Waals surface area contributed by atoms with E-state index < -0.39 is 0 Å². The van der Waals surface area contributed by atoms with Crippen LogP contribution in [0.1, 0.15) is 32.5 Å². The zero-order chi connectivity index (χ0) is 14.4. The Kier molecular flexibility index (Phi) is 4.86. The van der Waals surface area contributed by atoms with Gasteiger partial charge in [-0.15, -0.1) is 5.10 Å². The molecule has 0 atom stereocenters. The van der Waals surface area contributed by atoms with Gasteiger partial charge < -0.3 is 10.1 Å². The molecule has 0 spiro atoms. The Hall–Kier alpha value is -2.18. The van der Waals surface area contributed by atoms with Crippen molar-refractivity contribution in [3.63, 3.8) is 0 Å². The summed E-state index contributed by atoms with van der Waals surface area (Å²) in [6.45, 7) is 5.07. The third-order valence-corrected chi connectivity index (χ3v) is 2.55. The predicted molar refractivity (Wildman–Crippen MR) is 75.9 cm³/mol. The number of rotatable bonds is 7. The van der Waals surface area contributed by atoms with E-state index in [1.54, 1.807) is 24.1 Å². The first-order valence-corrected chi connectivity index (χ1v) is 6.86. The van der Waals surface area contributed by atoms with Crippen molar-refractivity contribution in [1.29, 1.82) is 0 Å². The molecule has 2 aromatic heterocycles. The number of nitrogens with one attached hydrogen (secondary N) is 1. The molecule has 0 aliphatic rings. The van der Waals surface area contributed by atoms with Crippen LogP contribution in [0.25, 0.3) is 0 Å². The van der Waals surface area contributed by atoms with Gasteiger partial charge in [-0.3, -0.25) is 4.68 Å². The maximum absolute atomic E-state index is 5.57. The maximum atomic E-state index is 5.57. The zero-order valence-electron chi connectivity index (χ0n) is 12.1. The normalized spacial score (nSPS) is 10.6. The quantitative estimate of drug-likeness (QED) is 0.835. The van der Waals surface area contributed by atoms with Gasteiger partial charge in [-0.1, -0.05) is 13.8 Å². The van der Waals surface area contributed by atoms with E-state index in [0.717, 1.165) is 37.4 Å². The van der Waals surface area contributed by atoms with Crippen molar-refractivity contribution in [2.45, 2.75) is 33.1 Å². The van der Waals surface area contributed by atoms with Crippen molar-refractivity contribution in [2.24, 2.45) is 7.05 Å². The summed E-state index contributed by atoms with van der Waals surface area (Å²) < 4.78 is 7.16. The Labute approximate surface area is 118 Å². The SMILES string of the molecule is CCCNc1cc(Oc2ncn(C)n2)nc(CCC)n1. The number of aromatic nitrogens is 5. The van der Waals surface area contributed by atoms with E-state index in [-0.39, 0.29) is 6.01 Å². The van der Waals surface area contributed by atoms with Crippen LogP contribution in [0.15, 0.2) is 12.4 Å². The molecular formula is C13H20N6O. The summed E-state index contributed by atoms with van der Waals surface area (Å²) in [5.41, 5.74) is 0. The molecule has 0 amide bonds. The fourth-order valence-electron chi connectivity index (χ4n) is 1.66. The second kappa shape index (κ2) is 6.83. The van der Waals surface area contributed by atoms with Crippen LogP contribution in [0.3, 0.4) is 0 Å². The molecule has 108 valence electrons. The van der Waals surface area contributed by atoms with Crippen LogP contribution in [0.2, 0.25) is 0 Å². The van der Waals surface area contributed by atoms with E-state index in [4.69, 9.17) is 4.74 Å². The minimum atomic E-state index is 0.287. The number of anilines is 1. The van der Waals surface area contributed by atoms with E-state index in [9.17, 15) is 0 Å². The zero-order valence-corrected chi connectivity index (χ0v) is 12.1. The summed E-state index contributed by atoms with van der Waals surface area (Å²) in [6.07, 6.45) is 4.41. The van der Waals surface area contributed by atoms with Gasteiger partial charge in [0.25, 0.3) is 0 Å². The molecule has 0 unspecified atom stereocenters. The average molecular weight is 276 g/mol. The van der Waals surface area contributed by atoms with E-state index in [2.05, 4.69) is 39.2 Å².